The molecule has 0 amide bonds. The topological polar surface area (TPSA) is 30.0 Å². The number of hydrogen-bond acceptors (Lipinski definition) is 2. The van der Waals surface area contributed by atoms with Gasteiger partial charge in [-0.15, -0.1) is 0 Å². The molecule has 0 aliphatic heterocycles. The zero-order valence-electron chi connectivity index (χ0n) is 9.08. The Kier molecular flexibility index (Phi) is 3.46. The molecule has 2 rings (SSSR count). The van der Waals surface area contributed by atoms with Crippen molar-refractivity contribution in [2.75, 3.05) is 0 Å². The van der Waals surface area contributed by atoms with Gasteiger partial charge in [0, 0.05) is 11.8 Å². The van der Waals surface area contributed by atoms with E-state index in [0.717, 1.165) is 5.56 Å². The molecule has 0 aliphatic rings. The molecule has 0 radical (unpaired) electrons. The van der Waals surface area contributed by atoms with Crippen molar-refractivity contribution in [2.24, 2.45) is 0 Å². The molecule has 0 bridgehead atoms. The number of carbonyl (C=O) groups excluding carboxylic acids is 1. The number of ketones is 1. The summed E-state index contributed by atoms with van der Waals surface area (Å²) in [5.74, 6) is -0.225. The second kappa shape index (κ2) is 4.86. The molecule has 2 aromatic rings. The summed E-state index contributed by atoms with van der Waals surface area (Å²) in [4.78, 5) is 16.2. The van der Waals surface area contributed by atoms with E-state index in [1.807, 2.05) is 13.0 Å². The maximum absolute atomic E-state index is 12.1. The molecule has 0 saturated heterocycles. The molecule has 0 fully saturated rings. The summed E-state index contributed by atoms with van der Waals surface area (Å²) in [5, 5.41) is 0.631. The predicted octanol–water partition coefficient (Wildman–Crippen LogP) is 3.93. The zero-order chi connectivity index (χ0) is 12.4. The highest BCUT2D eigenvalue weighted by Crippen LogP contribution is 2.26. The van der Waals surface area contributed by atoms with Crippen LogP contribution in [0.5, 0.6) is 0 Å². The molecule has 1 heterocycles. The van der Waals surface area contributed by atoms with Crippen LogP contribution in [0.25, 0.3) is 0 Å². The monoisotopic (exact) mass is 265 g/mol. The number of carbonyl (C=O) groups is 1. The lowest BCUT2D eigenvalue weighted by Crippen LogP contribution is -2.04. The van der Waals surface area contributed by atoms with Gasteiger partial charge >= 0.3 is 0 Å². The highest BCUT2D eigenvalue weighted by atomic mass is 35.5. The molecule has 0 unspecified atom stereocenters. The SMILES string of the molecule is Cc1ccc(C(=O)c2cccc(Cl)c2Cl)nc1. The van der Waals surface area contributed by atoms with Gasteiger partial charge in [0.15, 0.2) is 0 Å². The Labute approximate surface area is 109 Å². The van der Waals surface area contributed by atoms with Crippen molar-refractivity contribution in [1.29, 1.82) is 0 Å². The Bertz CT molecular complexity index is 564. The van der Waals surface area contributed by atoms with Crippen LogP contribution >= 0.6 is 23.2 Å². The lowest BCUT2D eigenvalue weighted by atomic mass is 10.1. The highest BCUT2D eigenvalue weighted by Gasteiger charge is 2.15. The summed E-state index contributed by atoms with van der Waals surface area (Å²) < 4.78 is 0. The smallest absolute Gasteiger partial charge is 0.212 e. The van der Waals surface area contributed by atoms with Crippen LogP contribution in [-0.2, 0) is 0 Å². The van der Waals surface area contributed by atoms with Crippen molar-refractivity contribution < 1.29 is 4.79 Å². The van der Waals surface area contributed by atoms with Gasteiger partial charge < -0.3 is 0 Å². The molecule has 17 heavy (non-hydrogen) atoms. The molecule has 2 nitrogen and oxygen atoms in total. The van der Waals surface area contributed by atoms with Crippen LogP contribution in [0.4, 0.5) is 0 Å². The van der Waals surface area contributed by atoms with Crippen molar-refractivity contribution >= 4 is 29.0 Å². The molecule has 0 aliphatic carbocycles. The highest BCUT2D eigenvalue weighted by molar-refractivity contribution is 6.44. The number of benzene rings is 1. The van der Waals surface area contributed by atoms with Gasteiger partial charge in [0.2, 0.25) is 5.78 Å². The van der Waals surface area contributed by atoms with Gasteiger partial charge in [-0.1, -0.05) is 35.3 Å². The van der Waals surface area contributed by atoms with Gasteiger partial charge in [-0.25, -0.2) is 0 Å². The van der Waals surface area contributed by atoms with Crippen LogP contribution in [0.2, 0.25) is 10.0 Å². The first-order valence-corrected chi connectivity index (χ1v) is 5.76. The molecular weight excluding hydrogens is 257 g/mol. The first-order valence-electron chi connectivity index (χ1n) is 5.01. The van der Waals surface area contributed by atoms with E-state index in [1.165, 1.54) is 0 Å². The Morgan fingerprint density at radius 3 is 2.59 bits per heavy atom. The van der Waals surface area contributed by atoms with Crippen LogP contribution in [0.15, 0.2) is 36.5 Å². The van der Waals surface area contributed by atoms with Crippen LogP contribution in [0, 0.1) is 6.92 Å². The normalized spacial score (nSPS) is 10.3. The molecule has 1 aromatic carbocycles. The van der Waals surface area contributed by atoms with E-state index in [4.69, 9.17) is 23.2 Å². The van der Waals surface area contributed by atoms with E-state index in [1.54, 1.807) is 30.5 Å². The second-order valence-corrected chi connectivity index (χ2v) is 4.44. The molecule has 4 heteroatoms. The third-order valence-corrected chi connectivity index (χ3v) is 3.16. The van der Waals surface area contributed by atoms with Gasteiger partial charge in [-0.05, 0) is 30.7 Å². The van der Waals surface area contributed by atoms with Crippen LogP contribution in [-0.4, -0.2) is 10.8 Å². The maximum Gasteiger partial charge on any atom is 0.212 e. The Balaban J connectivity index is 2.44. The van der Waals surface area contributed by atoms with Crippen molar-refractivity contribution in [1.82, 2.24) is 4.98 Å². The van der Waals surface area contributed by atoms with Crippen molar-refractivity contribution in [2.45, 2.75) is 6.92 Å². The third-order valence-electron chi connectivity index (χ3n) is 2.34. The summed E-state index contributed by atoms with van der Waals surface area (Å²) in [6.45, 7) is 1.91. The molecule has 0 N–H and O–H groups in total. The van der Waals surface area contributed by atoms with Gasteiger partial charge in [-0.3, -0.25) is 9.78 Å². The van der Waals surface area contributed by atoms with Crippen molar-refractivity contribution in [3.8, 4) is 0 Å². The Morgan fingerprint density at radius 2 is 1.94 bits per heavy atom. The minimum atomic E-state index is -0.225. The number of nitrogens with zero attached hydrogens (tertiary/aromatic N) is 1. The quantitative estimate of drug-likeness (QED) is 0.771. The van der Waals surface area contributed by atoms with E-state index in [2.05, 4.69) is 4.98 Å². The predicted molar refractivity (Wildman–Crippen MR) is 68.9 cm³/mol. The average molecular weight is 266 g/mol. The summed E-state index contributed by atoms with van der Waals surface area (Å²) in [7, 11) is 0. The summed E-state index contributed by atoms with van der Waals surface area (Å²) in [5.41, 5.74) is 1.73. The van der Waals surface area contributed by atoms with E-state index in [9.17, 15) is 4.79 Å². The zero-order valence-corrected chi connectivity index (χ0v) is 10.6. The van der Waals surface area contributed by atoms with Crippen LogP contribution < -0.4 is 0 Å². The minimum absolute atomic E-state index is 0.225. The van der Waals surface area contributed by atoms with Crippen LogP contribution in [0.1, 0.15) is 21.6 Å². The summed E-state index contributed by atoms with van der Waals surface area (Å²) in [6, 6.07) is 8.48. The van der Waals surface area contributed by atoms with E-state index >= 15 is 0 Å². The first-order chi connectivity index (χ1) is 8.09. The molecule has 1 aromatic heterocycles. The number of halogens is 2. The van der Waals surface area contributed by atoms with E-state index in [0.29, 0.717) is 16.3 Å². The lowest BCUT2D eigenvalue weighted by Gasteiger charge is -2.04. The van der Waals surface area contributed by atoms with E-state index in [-0.39, 0.29) is 10.8 Å². The summed E-state index contributed by atoms with van der Waals surface area (Å²) in [6.07, 6.45) is 1.64. The largest absolute Gasteiger partial charge is 0.287 e. The summed E-state index contributed by atoms with van der Waals surface area (Å²) >= 11 is 11.9. The third kappa shape index (κ3) is 2.48. The molecular formula is C13H9Cl2NO. The number of aryl methyl sites for hydroxylation is 1. The second-order valence-electron chi connectivity index (χ2n) is 3.65. The van der Waals surface area contributed by atoms with E-state index < -0.39 is 0 Å². The van der Waals surface area contributed by atoms with Gasteiger partial charge in [-0.2, -0.15) is 0 Å². The number of aromatic nitrogens is 1. The first kappa shape index (κ1) is 12.1. The number of pyridine rings is 1. The fraction of sp³-hybridized carbons (Fsp3) is 0.0769. The Hall–Kier alpha value is -1.38. The standard InChI is InChI=1S/C13H9Cl2NO/c1-8-5-6-11(16-7-8)13(17)9-3-2-4-10(14)12(9)15/h2-7H,1H3. The number of rotatable bonds is 2. The molecule has 0 saturated carbocycles. The van der Waals surface area contributed by atoms with Crippen LogP contribution in [0.3, 0.4) is 0 Å². The fourth-order valence-corrected chi connectivity index (χ4v) is 1.81. The van der Waals surface area contributed by atoms with Crippen molar-refractivity contribution in [3.63, 3.8) is 0 Å². The van der Waals surface area contributed by atoms with Gasteiger partial charge in [0.1, 0.15) is 5.69 Å². The molecule has 0 atom stereocenters. The maximum atomic E-state index is 12.1. The fourth-order valence-electron chi connectivity index (χ4n) is 1.42. The average Bonchev–Trinajstić information content (AvgIpc) is 2.33. The minimum Gasteiger partial charge on any atom is -0.287 e. The molecule has 0 spiro atoms. The number of hydrogen-bond donors (Lipinski definition) is 0. The molecule has 86 valence electrons. The van der Waals surface area contributed by atoms with Gasteiger partial charge in [0.25, 0.3) is 0 Å². The van der Waals surface area contributed by atoms with Gasteiger partial charge in [0.05, 0.1) is 10.0 Å². The Morgan fingerprint density at radius 1 is 1.18 bits per heavy atom. The lowest BCUT2D eigenvalue weighted by molar-refractivity contribution is 0.103. The van der Waals surface area contributed by atoms with Crippen molar-refractivity contribution in [3.05, 3.63) is 63.4 Å².